The number of ether oxygens (including phenoxy) is 2. The third kappa shape index (κ3) is 4.35. The lowest BCUT2D eigenvalue weighted by molar-refractivity contribution is -0.127. The summed E-state index contributed by atoms with van der Waals surface area (Å²) in [5.74, 6) is -0.133. The predicted molar refractivity (Wildman–Crippen MR) is 74.6 cm³/mol. The third-order valence-corrected chi connectivity index (χ3v) is 3.67. The van der Waals surface area contributed by atoms with Gasteiger partial charge in [0.2, 0.25) is 5.91 Å². The van der Waals surface area contributed by atoms with Gasteiger partial charge in [0.15, 0.2) is 5.84 Å². The van der Waals surface area contributed by atoms with E-state index >= 15 is 0 Å². The van der Waals surface area contributed by atoms with Crippen LogP contribution in [0.2, 0.25) is 0 Å². The lowest BCUT2D eigenvalue weighted by Crippen LogP contribution is -2.48. The molecule has 1 saturated carbocycles. The molecule has 0 atom stereocenters. The zero-order valence-corrected chi connectivity index (χ0v) is 12.1. The van der Waals surface area contributed by atoms with Crippen molar-refractivity contribution in [2.24, 2.45) is 16.3 Å². The molecule has 7 nitrogen and oxygen atoms in total. The maximum absolute atomic E-state index is 12.3. The molecule has 20 heavy (non-hydrogen) atoms. The van der Waals surface area contributed by atoms with Crippen molar-refractivity contribution < 1.29 is 19.5 Å². The van der Waals surface area contributed by atoms with Crippen LogP contribution in [-0.2, 0) is 14.3 Å². The molecule has 0 unspecified atom stereocenters. The summed E-state index contributed by atoms with van der Waals surface area (Å²) in [5.41, 5.74) is 4.87. The van der Waals surface area contributed by atoms with E-state index in [4.69, 9.17) is 20.4 Å². The summed E-state index contributed by atoms with van der Waals surface area (Å²) >= 11 is 0. The Morgan fingerprint density at radius 1 is 1.35 bits per heavy atom. The van der Waals surface area contributed by atoms with Crippen LogP contribution in [-0.4, -0.2) is 50.4 Å². The van der Waals surface area contributed by atoms with Crippen molar-refractivity contribution in [3.8, 4) is 0 Å². The van der Waals surface area contributed by atoms with Gasteiger partial charge >= 0.3 is 0 Å². The first kappa shape index (κ1) is 16.7. The van der Waals surface area contributed by atoms with E-state index in [1.807, 2.05) is 0 Å². The van der Waals surface area contributed by atoms with Crippen LogP contribution < -0.4 is 11.1 Å². The van der Waals surface area contributed by atoms with Crippen molar-refractivity contribution >= 4 is 11.7 Å². The van der Waals surface area contributed by atoms with Crippen LogP contribution in [0.3, 0.4) is 0 Å². The molecule has 0 aromatic carbocycles. The van der Waals surface area contributed by atoms with Crippen molar-refractivity contribution in [1.29, 1.82) is 0 Å². The Hall–Kier alpha value is -1.34. The highest BCUT2D eigenvalue weighted by atomic mass is 16.5. The summed E-state index contributed by atoms with van der Waals surface area (Å²) in [6.45, 7) is 2.21. The number of hydrogen-bond donors (Lipinski definition) is 3. The number of carbonyl (C=O) groups excluding carboxylic acids is 1. The molecular formula is C13H25N3O4. The molecular weight excluding hydrogens is 262 g/mol. The van der Waals surface area contributed by atoms with E-state index < -0.39 is 5.41 Å². The van der Waals surface area contributed by atoms with Gasteiger partial charge in [0.05, 0.1) is 13.2 Å². The van der Waals surface area contributed by atoms with Gasteiger partial charge in [0.1, 0.15) is 5.41 Å². The van der Waals surface area contributed by atoms with E-state index in [0.717, 1.165) is 19.3 Å². The number of carbonyl (C=O) groups is 1. The smallest absolute Gasteiger partial charge is 0.233 e. The van der Waals surface area contributed by atoms with Crippen LogP contribution in [0.15, 0.2) is 5.16 Å². The van der Waals surface area contributed by atoms with E-state index in [-0.39, 0.29) is 11.7 Å². The molecule has 0 bridgehead atoms. The second kappa shape index (κ2) is 8.76. The number of oxime groups is 1. The van der Waals surface area contributed by atoms with Crippen molar-refractivity contribution in [2.45, 2.75) is 32.1 Å². The third-order valence-electron chi connectivity index (χ3n) is 3.67. The molecule has 116 valence electrons. The minimum atomic E-state index is -0.828. The summed E-state index contributed by atoms with van der Waals surface area (Å²) in [5, 5.41) is 14.7. The van der Waals surface area contributed by atoms with Crippen LogP contribution in [0.4, 0.5) is 0 Å². The predicted octanol–water partition coefficient (Wildman–Crippen LogP) is 0.463. The van der Waals surface area contributed by atoms with Gasteiger partial charge in [-0.2, -0.15) is 0 Å². The Kier molecular flexibility index (Phi) is 7.32. The van der Waals surface area contributed by atoms with Gasteiger partial charge in [-0.05, 0) is 19.3 Å². The first-order chi connectivity index (χ1) is 9.67. The topological polar surface area (TPSA) is 106 Å². The van der Waals surface area contributed by atoms with Crippen LogP contribution in [0, 0.1) is 5.41 Å². The zero-order chi connectivity index (χ0) is 14.8. The van der Waals surface area contributed by atoms with Crippen LogP contribution in [0.5, 0.6) is 0 Å². The largest absolute Gasteiger partial charge is 0.409 e. The van der Waals surface area contributed by atoms with Crippen LogP contribution >= 0.6 is 0 Å². The van der Waals surface area contributed by atoms with E-state index in [1.165, 1.54) is 0 Å². The van der Waals surface area contributed by atoms with Crippen LogP contribution in [0.1, 0.15) is 32.1 Å². The molecule has 4 N–H and O–H groups in total. The minimum absolute atomic E-state index is 0.0174. The Morgan fingerprint density at radius 3 is 2.65 bits per heavy atom. The lowest BCUT2D eigenvalue weighted by Gasteiger charge is -2.25. The van der Waals surface area contributed by atoms with Gasteiger partial charge in [-0.3, -0.25) is 4.79 Å². The molecule has 0 aromatic heterocycles. The molecule has 1 amide bonds. The molecule has 0 spiro atoms. The Morgan fingerprint density at radius 2 is 2.05 bits per heavy atom. The maximum atomic E-state index is 12.3. The Balaban J connectivity index is 2.30. The number of nitrogens with two attached hydrogens (primary N) is 1. The first-order valence-electron chi connectivity index (χ1n) is 7.00. The Bertz CT molecular complexity index is 328. The zero-order valence-electron chi connectivity index (χ0n) is 12.1. The molecule has 0 radical (unpaired) electrons. The van der Waals surface area contributed by atoms with E-state index in [9.17, 15) is 4.79 Å². The summed E-state index contributed by atoms with van der Waals surface area (Å²) in [4.78, 5) is 12.3. The minimum Gasteiger partial charge on any atom is -0.409 e. The molecule has 0 heterocycles. The van der Waals surface area contributed by atoms with Gasteiger partial charge in [0.25, 0.3) is 0 Å². The number of nitrogens with one attached hydrogen (secondary N) is 1. The quantitative estimate of drug-likeness (QED) is 0.188. The van der Waals surface area contributed by atoms with Crippen molar-refractivity contribution in [3.63, 3.8) is 0 Å². The average molecular weight is 287 g/mol. The summed E-state index contributed by atoms with van der Waals surface area (Å²) in [7, 11) is 1.62. The molecule has 0 saturated heterocycles. The average Bonchev–Trinajstić information content (AvgIpc) is 2.96. The number of methoxy groups -OCH3 is 1. The van der Waals surface area contributed by atoms with Crippen molar-refractivity contribution in [3.05, 3.63) is 0 Å². The highest BCUT2D eigenvalue weighted by molar-refractivity contribution is 6.07. The van der Waals surface area contributed by atoms with Gasteiger partial charge in [-0.25, -0.2) is 0 Å². The van der Waals surface area contributed by atoms with Crippen molar-refractivity contribution in [2.75, 3.05) is 33.5 Å². The van der Waals surface area contributed by atoms with Gasteiger partial charge in [-0.15, -0.1) is 0 Å². The second-order valence-corrected chi connectivity index (χ2v) is 4.99. The molecule has 1 fully saturated rings. The Labute approximate surface area is 119 Å². The summed E-state index contributed by atoms with van der Waals surface area (Å²) in [6, 6.07) is 0. The standard InChI is InChI=1S/C13H25N3O4/c1-19-9-10-20-8-4-7-15-12(17)13(11(14)16-18)5-2-3-6-13/h18H,2-10H2,1H3,(H2,14,16)(H,15,17). The number of amides is 1. The number of nitrogens with zero attached hydrogens (tertiary/aromatic N) is 1. The molecule has 7 heteroatoms. The molecule has 1 aliphatic rings. The highest BCUT2D eigenvalue weighted by Crippen LogP contribution is 2.38. The monoisotopic (exact) mass is 287 g/mol. The second-order valence-electron chi connectivity index (χ2n) is 4.99. The van der Waals surface area contributed by atoms with E-state index in [0.29, 0.717) is 39.2 Å². The highest BCUT2D eigenvalue weighted by Gasteiger charge is 2.45. The van der Waals surface area contributed by atoms with E-state index in [1.54, 1.807) is 7.11 Å². The van der Waals surface area contributed by atoms with Crippen LogP contribution in [0.25, 0.3) is 0 Å². The normalized spacial score (nSPS) is 18.1. The summed E-state index contributed by atoms with van der Waals surface area (Å²) < 4.78 is 10.2. The summed E-state index contributed by atoms with van der Waals surface area (Å²) in [6.07, 6.45) is 3.84. The fraction of sp³-hybridized carbons (Fsp3) is 0.846. The first-order valence-corrected chi connectivity index (χ1v) is 7.00. The number of rotatable bonds is 9. The number of hydrogen-bond acceptors (Lipinski definition) is 5. The molecule has 1 aliphatic carbocycles. The lowest BCUT2D eigenvalue weighted by atomic mass is 9.84. The van der Waals surface area contributed by atoms with Gasteiger partial charge in [0, 0.05) is 20.3 Å². The fourth-order valence-corrected chi connectivity index (χ4v) is 2.46. The molecule has 1 rings (SSSR count). The fourth-order valence-electron chi connectivity index (χ4n) is 2.46. The number of amidine groups is 1. The molecule has 0 aromatic rings. The maximum Gasteiger partial charge on any atom is 0.233 e. The van der Waals surface area contributed by atoms with Gasteiger partial charge < -0.3 is 25.7 Å². The SMILES string of the molecule is COCCOCCCNC(=O)C1(C(N)=NO)CCCC1. The molecule has 0 aliphatic heterocycles. The van der Waals surface area contributed by atoms with E-state index in [2.05, 4.69) is 10.5 Å². The van der Waals surface area contributed by atoms with Crippen molar-refractivity contribution in [1.82, 2.24) is 5.32 Å². The van der Waals surface area contributed by atoms with Gasteiger partial charge in [-0.1, -0.05) is 18.0 Å².